The van der Waals surface area contributed by atoms with Crippen molar-refractivity contribution in [2.45, 2.75) is 38.6 Å². The molecule has 0 radical (unpaired) electrons. The normalized spacial score (nSPS) is 10.6. The highest BCUT2D eigenvalue weighted by atomic mass is 32.2. The molecule has 0 fully saturated rings. The summed E-state index contributed by atoms with van der Waals surface area (Å²) in [7, 11) is 0. The first-order valence-electron chi connectivity index (χ1n) is 10.1. The molecule has 2 aromatic carbocycles. The molecule has 0 aliphatic carbocycles. The first-order valence-corrected chi connectivity index (χ1v) is 11.1. The van der Waals surface area contributed by atoms with Crippen molar-refractivity contribution in [3.63, 3.8) is 0 Å². The standard InChI is InChI=1S/C23H25N3O4S/c1-3-26-21(15-30-19-11-6-5-7-12-19)24-25-23(26)31-16-18(27)14-17-10-8-9-13-20(17)22(28)29-4-2/h5-13H,3-4,14-16H2,1-2H3. The van der Waals surface area contributed by atoms with Gasteiger partial charge >= 0.3 is 5.97 Å². The summed E-state index contributed by atoms with van der Waals surface area (Å²) in [6.07, 6.45) is 0.159. The number of rotatable bonds is 11. The predicted octanol–water partition coefficient (Wildman–Crippen LogP) is 3.96. The van der Waals surface area contributed by atoms with Gasteiger partial charge in [0.1, 0.15) is 18.1 Å². The monoisotopic (exact) mass is 439 g/mol. The number of Topliss-reactive ketones (excluding diaryl/α,β-unsaturated/α-hetero) is 1. The summed E-state index contributed by atoms with van der Waals surface area (Å²) in [6, 6.07) is 16.5. The lowest BCUT2D eigenvalue weighted by Gasteiger charge is -2.09. The minimum Gasteiger partial charge on any atom is -0.486 e. The fourth-order valence-corrected chi connectivity index (χ4v) is 3.89. The van der Waals surface area contributed by atoms with Crippen LogP contribution in [0.5, 0.6) is 5.75 Å². The van der Waals surface area contributed by atoms with Crippen LogP contribution in [0.15, 0.2) is 59.8 Å². The molecule has 3 aromatic rings. The van der Waals surface area contributed by atoms with Gasteiger partial charge < -0.3 is 14.0 Å². The fourth-order valence-electron chi connectivity index (χ4n) is 3.01. The Balaban J connectivity index is 1.59. The van der Waals surface area contributed by atoms with Gasteiger partial charge in [0, 0.05) is 13.0 Å². The number of nitrogens with zero attached hydrogens (tertiary/aromatic N) is 3. The Kier molecular flexibility index (Phi) is 8.23. The van der Waals surface area contributed by atoms with Crippen molar-refractivity contribution in [1.29, 1.82) is 0 Å². The molecule has 7 nitrogen and oxygen atoms in total. The van der Waals surface area contributed by atoms with Crippen LogP contribution in [0.25, 0.3) is 0 Å². The lowest BCUT2D eigenvalue weighted by molar-refractivity contribution is -0.116. The fraction of sp³-hybridized carbons (Fsp3) is 0.304. The van der Waals surface area contributed by atoms with Crippen LogP contribution in [0, 0.1) is 0 Å². The van der Waals surface area contributed by atoms with Crippen LogP contribution < -0.4 is 4.74 Å². The number of benzene rings is 2. The molecule has 0 aliphatic heterocycles. The summed E-state index contributed by atoms with van der Waals surface area (Å²) in [5.41, 5.74) is 1.10. The Labute approximate surface area is 185 Å². The third-order valence-electron chi connectivity index (χ3n) is 4.48. The van der Waals surface area contributed by atoms with E-state index in [0.717, 1.165) is 5.75 Å². The Bertz CT molecular complexity index is 1020. The highest BCUT2D eigenvalue weighted by Crippen LogP contribution is 2.20. The molecule has 0 unspecified atom stereocenters. The van der Waals surface area contributed by atoms with Crippen molar-refractivity contribution in [3.05, 3.63) is 71.5 Å². The minimum atomic E-state index is -0.410. The number of hydrogen-bond donors (Lipinski definition) is 0. The third-order valence-corrected chi connectivity index (χ3v) is 5.51. The van der Waals surface area contributed by atoms with E-state index in [1.807, 2.05) is 47.9 Å². The molecule has 0 spiro atoms. The Morgan fingerprint density at radius 3 is 2.48 bits per heavy atom. The molecule has 31 heavy (non-hydrogen) atoms. The molecule has 0 bridgehead atoms. The number of esters is 1. The maximum absolute atomic E-state index is 12.6. The maximum Gasteiger partial charge on any atom is 0.338 e. The molecule has 0 amide bonds. The first-order chi connectivity index (χ1) is 15.1. The van der Waals surface area contributed by atoms with Crippen molar-refractivity contribution >= 4 is 23.5 Å². The second-order valence-electron chi connectivity index (χ2n) is 6.63. The molecule has 0 N–H and O–H groups in total. The Morgan fingerprint density at radius 1 is 1.00 bits per heavy atom. The molecule has 3 rings (SSSR count). The zero-order chi connectivity index (χ0) is 22.1. The minimum absolute atomic E-state index is 0.00510. The lowest BCUT2D eigenvalue weighted by Crippen LogP contribution is -2.13. The molecule has 1 heterocycles. The average Bonchev–Trinajstić information content (AvgIpc) is 3.19. The molecule has 0 aliphatic rings. The predicted molar refractivity (Wildman–Crippen MR) is 118 cm³/mol. The van der Waals surface area contributed by atoms with Crippen LogP contribution in [-0.2, 0) is 29.1 Å². The van der Waals surface area contributed by atoms with Gasteiger partial charge in [0.15, 0.2) is 11.0 Å². The van der Waals surface area contributed by atoms with Gasteiger partial charge in [-0.3, -0.25) is 4.79 Å². The summed E-state index contributed by atoms with van der Waals surface area (Å²) < 4.78 is 12.8. The number of ketones is 1. The number of carbonyl (C=O) groups excluding carboxylic acids is 2. The lowest BCUT2D eigenvalue weighted by atomic mass is 10.0. The van der Waals surface area contributed by atoms with Crippen LogP contribution in [0.1, 0.15) is 35.6 Å². The van der Waals surface area contributed by atoms with E-state index in [9.17, 15) is 9.59 Å². The number of ether oxygens (including phenoxy) is 2. The van der Waals surface area contributed by atoms with Crippen molar-refractivity contribution in [1.82, 2.24) is 14.8 Å². The van der Waals surface area contributed by atoms with Gasteiger partial charge in [-0.2, -0.15) is 0 Å². The molecular formula is C23H25N3O4S. The van der Waals surface area contributed by atoms with Crippen LogP contribution in [0.4, 0.5) is 0 Å². The molecular weight excluding hydrogens is 414 g/mol. The molecule has 1 aromatic heterocycles. The van der Waals surface area contributed by atoms with Crippen LogP contribution in [0.2, 0.25) is 0 Å². The smallest absolute Gasteiger partial charge is 0.338 e. The Morgan fingerprint density at radius 2 is 1.74 bits per heavy atom. The van der Waals surface area contributed by atoms with E-state index in [4.69, 9.17) is 9.47 Å². The number of aromatic nitrogens is 3. The van der Waals surface area contributed by atoms with E-state index in [1.165, 1.54) is 11.8 Å². The molecule has 8 heteroatoms. The third kappa shape index (κ3) is 6.18. The average molecular weight is 440 g/mol. The van der Waals surface area contributed by atoms with Crippen LogP contribution in [0.3, 0.4) is 0 Å². The van der Waals surface area contributed by atoms with Crippen LogP contribution >= 0.6 is 11.8 Å². The van der Waals surface area contributed by atoms with E-state index in [1.54, 1.807) is 25.1 Å². The zero-order valence-electron chi connectivity index (χ0n) is 17.6. The zero-order valence-corrected chi connectivity index (χ0v) is 18.4. The highest BCUT2D eigenvalue weighted by molar-refractivity contribution is 7.99. The summed E-state index contributed by atoms with van der Waals surface area (Å²) in [5, 5.41) is 9.10. The van der Waals surface area contributed by atoms with Gasteiger partial charge in [0.05, 0.1) is 17.9 Å². The first kappa shape index (κ1) is 22.6. The summed E-state index contributed by atoms with van der Waals surface area (Å²) in [4.78, 5) is 24.7. The molecule has 0 saturated heterocycles. The van der Waals surface area contributed by atoms with Gasteiger partial charge in [-0.05, 0) is 37.6 Å². The number of para-hydroxylation sites is 1. The maximum atomic E-state index is 12.6. The van der Waals surface area contributed by atoms with Crippen molar-refractivity contribution < 1.29 is 19.1 Å². The van der Waals surface area contributed by atoms with Gasteiger partial charge in [0.2, 0.25) is 0 Å². The van der Waals surface area contributed by atoms with Gasteiger partial charge in [0.25, 0.3) is 0 Å². The van der Waals surface area contributed by atoms with Crippen molar-refractivity contribution in [2.24, 2.45) is 0 Å². The second kappa shape index (κ2) is 11.3. The largest absolute Gasteiger partial charge is 0.486 e. The van der Waals surface area contributed by atoms with E-state index in [2.05, 4.69) is 10.2 Å². The van der Waals surface area contributed by atoms with Crippen molar-refractivity contribution in [2.75, 3.05) is 12.4 Å². The Hall–Kier alpha value is -3.13. The summed E-state index contributed by atoms with van der Waals surface area (Å²) in [6.45, 7) is 5.01. The van der Waals surface area contributed by atoms with E-state index in [-0.39, 0.29) is 18.0 Å². The van der Waals surface area contributed by atoms with Gasteiger partial charge in [-0.1, -0.05) is 48.2 Å². The molecule has 0 atom stereocenters. The van der Waals surface area contributed by atoms with E-state index in [0.29, 0.717) is 41.9 Å². The molecule has 0 saturated carbocycles. The van der Waals surface area contributed by atoms with E-state index < -0.39 is 5.97 Å². The van der Waals surface area contributed by atoms with Crippen molar-refractivity contribution in [3.8, 4) is 5.75 Å². The quantitative estimate of drug-likeness (QED) is 0.330. The topological polar surface area (TPSA) is 83.3 Å². The number of hydrogen-bond acceptors (Lipinski definition) is 7. The van der Waals surface area contributed by atoms with Gasteiger partial charge in [-0.15, -0.1) is 10.2 Å². The number of thioether (sulfide) groups is 1. The van der Waals surface area contributed by atoms with Crippen LogP contribution in [-0.4, -0.2) is 38.9 Å². The highest BCUT2D eigenvalue weighted by Gasteiger charge is 2.17. The molecule has 162 valence electrons. The second-order valence-corrected chi connectivity index (χ2v) is 7.57. The number of carbonyl (C=O) groups is 2. The summed E-state index contributed by atoms with van der Waals surface area (Å²) in [5.74, 6) is 1.28. The van der Waals surface area contributed by atoms with E-state index >= 15 is 0 Å². The summed E-state index contributed by atoms with van der Waals surface area (Å²) >= 11 is 1.33. The van der Waals surface area contributed by atoms with Gasteiger partial charge in [-0.25, -0.2) is 4.79 Å². The SMILES string of the molecule is CCOC(=O)c1ccccc1CC(=O)CSc1nnc(COc2ccccc2)n1CC.